The van der Waals surface area contributed by atoms with Crippen molar-refractivity contribution in [3.63, 3.8) is 0 Å². The van der Waals surface area contributed by atoms with E-state index in [2.05, 4.69) is 0 Å². The fourth-order valence-electron chi connectivity index (χ4n) is 2.09. The maximum atomic E-state index is 13.2. The third-order valence-corrected chi connectivity index (χ3v) is 4.14. The summed E-state index contributed by atoms with van der Waals surface area (Å²) in [7, 11) is 0. The molecule has 0 saturated heterocycles. The summed E-state index contributed by atoms with van der Waals surface area (Å²) in [4.78, 5) is 2.07. The first-order valence-electron chi connectivity index (χ1n) is 5.47. The van der Waals surface area contributed by atoms with E-state index >= 15 is 0 Å². The van der Waals surface area contributed by atoms with E-state index in [1.165, 1.54) is 12.1 Å². The van der Waals surface area contributed by atoms with E-state index in [0.29, 0.717) is 6.42 Å². The lowest BCUT2D eigenvalue weighted by atomic mass is 10.0. The zero-order valence-electron chi connectivity index (χ0n) is 9.06. The second-order valence-corrected chi connectivity index (χ2v) is 5.20. The number of halogens is 1. The predicted octanol–water partition coefficient (Wildman–Crippen LogP) is 3.57. The molecule has 86 valence electrons. The summed E-state index contributed by atoms with van der Waals surface area (Å²) in [6, 6.07) is 12.5. The molecule has 0 bridgehead atoms. The van der Waals surface area contributed by atoms with Gasteiger partial charge in [0.2, 0.25) is 0 Å². The molecular formula is C14H11FOS. The summed E-state index contributed by atoms with van der Waals surface area (Å²) >= 11 is 1.59. The van der Waals surface area contributed by atoms with Crippen LogP contribution >= 0.6 is 11.8 Å². The Kier molecular flexibility index (Phi) is 2.65. The van der Waals surface area contributed by atoms with Crippen LogP contribution in [0.3, 0.4) is 0 Å². The van der Waals surface area contributed by atoms with Gasteiger partial charge in [-0.3, -0.25) is 0 Å². The van der Waals surface area contributed by atoms with Crippen LogP contribution in [0.25, 0.3) is 0 Å². The molecule has 3 heteroatoms. The molecule has 1 nitrogen and oxygen atoms in total. The van der Waals surface area contributed by atoms with Crippen molar-refractivity contribution < 1.29 is 9.50 Å². The highest BCUT2D eigenvalue weighted by Gasteiger charge is 2.20. The first-order chi connectivity index (χ1) is 8.24. The summed E-state index contributed by atoms with van der Waals surface area (Å²) < 4.78 is 13.2. The molecule has 1 N–H and O–H groups in total. The SMILES string of the molecule is OC1Cc2cc(F)ccc2Sc2ccccc21. The van der Waals surface area contributed by atoms with Crippen molar-refractivity contribution in [2.75, 3.05) is 0 Å². The lowest BCUT2D eigenvalue weighted by molar-refractivity contribution is 0.175. The number of hydrogen-bond acceptors (Lipinski definition) is 2. The first-order valence-corrected chi connectivity index (χ1v) is 6.29. The van der Waals surface area contributed by atoms with Gasteiger partial charge in [0.25, 0.3) is 0 Å². The van der Waals surface area contributed by atoms with Crippen LogP contribution in [0.4, 0.5) is 4.39 Å². The Labute approximate surface area is 103 Å². The summed E-state index contributed by atoms with van der Waals surface area (Å²) in [6.07, 6.45) is -0.0846. The summed E-state index contributed by atoms with van der Waals surface area (Å²) in [5.41, 5.74) is 1.80. The van der Waals surface area contributed by atoms with Crippen molar-refractivity contribution in [2.24, 2.45) is 0 Å². The van der Waals surface area contributed by atoms with Crippen LogP contribution in [0, 0.1) is 5.82 Å². The molecule has 1 atom stereocenters. The summed E-state index contributed by atoms with van der Waals surface area (Å²) in [6.45, 7) is 0. The highest BCUT2D eigenvalue weighted by Crippen LogP contribution is 2.40. The topological polar surface area (TPSA) is 20.2 Å². The maximum Gasteiger partial charge on any atom is 0.123 e. The second kappa shape index (κ2) is 4.17. The van der Waals surface area contributed by atoms with E-state index in [1.54, 1.807) is 17.8 Å². The van der Waals surface area contributed by atoms with Gasteiger partial charge in [0.15, 0.2) is 0 Å². The minimum absolute atomic E-state index is 0.248. The minimum atomic E-state index is -0.554. The molecule has 0 aliphatic carbocycles. The lowest BCUT2D eigenvalue weighted by Crippen LogP contribution is -2.01. The normalized spacial score (nSPS) is 18.1. The molecular weight excluding hydrogens is 235 g/mol. The average Bonchev–Trinajstić information content (AvgIpc) is 2.46. The standard InChI is InChI=1S/C14H11FOS/c15-10-5-6-13-9(7-10)8-12(16)11-3-1-2-4-14(11)17-13/h1-7,12,16H,8H2. The average molecular weight is 246 g/mol. The molecule has 0 radical (unpaired) electrons. The van der Waals surface area contributed by atoms with E-state index in [-0.39, 0.29) is 5.82 Å². The van der Waals surface area contributed by atoms with Crippen LogP contribution < -0.4 is 0 Å². The van der Waals surface area contributed by atoms with Crippen LogP contribution in [0.5, 0.6) is 0 Å². The molecule has 0 spiro atoms. The number of aliphatic hydroxyl groups excluding tert-OH is 1. The minimum Gasteiger partial charge on any atom is -0.388 e. The van der Waals surface area contributed by atoms with E-state index in [9.17, 15) is 9.50 Å². The molecule has 1 unspecified atom stereocenters. The van der Waals surface area contributed by atoms with Crippen LogP contribution in [0.2, 0.25) is 0 Å². The van der Waals surface area contributed by atoms with Gasteiger partial charge < -0.3 is 5.11 Å². The monoisotopic (exact) mass is 246 g/mol. The first kappa shape index (κ1) is 10.8. The Hall–Kier alpha value is -1.32. The van der Waals surface area contributed by atoms with Crippen LogP contribution in [0.15, 0.2) is 52.3 Å². The van der Waals surface area contributed by atoms with E-state index in [0.717, 1.165) is 20.9 Å². The van der Waals surface area contributed by atoms with Crippen molar-refractivity contribution >= 4 is 11.8 Å². The van der Waals surface area contributed by atoms with Crippen molar-refractivity contribution in [2.45, 2.75) is 22.3 Å². The highest BCUT2D eigenvalue weighted by molar-refractivity contribution is 7.99. The Bertz CT molecular complexity index is 568. The van der Waals surface area contributed by atoms with Crippen molar-refractivity contribution in [3.8, 4) is 0 Å². The molecule has 1 aliphatic heterocycles. The fourth-order valence-corrected chi connectivity index (χ4v) is 3.21. The van der Waals surface area contributed by atoms with Gasteiger partial charge in [-0.2, -0.15) is 0 Å². The van der Waals surface area contributed by atoms with Gasteiger partial charge in [0, 0.05) is 16.2 Å². The number of hydrogen-bond donors (Lipinski definition) is 1. The number of fused-ring (bicyclic) bond motifs is 2. The number of rotatable bonds is 0. The molecule has 0 saturated carbocycles. The van der Waals surface area contributed by atoms with Gasteiger partial charge in [0.05, 0.1) is 6.10 Å². The second-order valence-electron chi connectivity index (χ2n) is 4.11. The van der Waals surface area contributed by atoms with E-state index < -0.39 is 6.10 Å². The molecule has 0 aromatic heterocycles. The van der Waals surface area contributed by atoms with Gasteiger partial charge in [-0.1, -0.05) is 30.0 Å². The zero-order chi connectivity index (χ0) is 11.8. The van der Waals surface area contributed by atoms with Gasteiger partial charge in [-0.05, 0) is 35.4 Å². The molecule has 3 rings (SSSR count). The molecule has 1 aliphatic rings. The van der Waals surface area contributed by atoms with Gasteiger partial charge in [-0.25, -0.2) is 4.39 Å². The lowest BCUT2D eigenvalue weighted by Gasteiger charge is -2.10. The quantitative estimate of drug-likeness (QED) is 0.767. The largest absolute Gasteiger partial charge is 0.388 e. The van der Waals surface area contributed by atoms with E-state index in [4.69, 9.17) is 0 Å². The Morgan fingerprint density at radius 3 is 2.82 bits per heavy atom. The van der Waals surface area contributed by atoms with Crippen molar-refractivity contribution in [3.05, 3.63) is 59.4 Å². The van der Waals surface area contributed by atoms with Crippen molar-refractivity contribution in [1.82, 2.24) is 0 Å². The third-order valence-electron chi connectivity index (χ3n) is 2.93. The van der Waals surface area contributed by atoms with Crippen molar-refractivity contribution in [1.29, 1.82) is 0 Å². The van der Waals surface area contributed by atoms with Gasteiger partial charge in [0.1, 0.15) is 5.82 Å². The van der Waals surface area contributed by atoms with Gasteiger partial charge in [-0.15, -0.1) is 0 Å². The zero-order valence-corrected chi connectivity index (χ0v) is 9.88. The third kappa shape index (κ3) is 1.96. The Balaban J connectivity index is 2.13. The maximum absolute atomic E-state index is 13.2. The molecule has 17 heavy (non-hydrogen) atoms. The predicted molar refractivity (Wildman–Crippen MR) is 65.6 cm³/mol. The number of benzene rings is 2. The molecule has 0 amide bonds. The molecule has 0 fully saturated rings. The number of aliphatic hydroxyl groups is 1. The summed E-state index contributed by atoms with van der Waals surface area (Å²) in [5.74, 6) is -0.248. The van der Waals surface area contributed by atoms with Crippen LogP contribution in [0.1, 0.15) is 17.2 Å². The molecule has 2 aromatic carbocycles. The smallest absolute Gasteiger partial charge is 0.123 e. The van der Waals surface area contributed by atoms with E-state index in [1.807, 2.05) is 24.3 Å². The van der Waals surface area contributed by atoms with Crippen LogP contribution in [-0.2, 0) is 6.42 Å². The molecule has 2 aromatic rings. The van der Waals surface area contributed by atoms with Crippen LogP contribution in [-0.4, -0.2) is 5.11 Å². The highest BCUT2D eigenvalue weighted by atomic mass is 32.2. The molecule has 1 heterocycles. The Morgan fingerprint density at radius 2 is 1.94 bits per heavy atom. The van der Waals surface area contributed by atoms with Gasteiger partial charge >= 0.3 is 0 Å². The summed E-state index contributed by atoms with van der Waals surface area (Å²) in [5, 5.41) is 10.1. The Morgan fingerprint density at radius 1 is 1.12 bits per heavy atom. The fraction of sp³-hybridized carbons (Fsp3) is 0.143.